The van der Waals surface area contributed by atoms with Crippen LogP contribution in [0.3, 0.4) is 0 Å². The summed E-state index contributed by atoms with van der Waals surface area (Å²) in [4.78, 5) is 0. The third kappa shape index (κ3) is 11.7. The normalized spacial score (nSPS) is 11.3. The maximum Gasteiger partial charge on any atom is 0.0217 e. The van der Waals surface area contributed by atoms with Crippen molar-refractivity contribution in [1.82, 2.24) is 21.3 Å². The van der Waals surface area contributed by atoms with E-state index in [2.05, 4.69) is 69.8 Å². The minimum atomic E-state index is 0. The molecule has 0 heterocycles. The molecule has 0 radical (unpaired) electrons. The molecule has 0 aliphatic heterocycles. The van der Waals surface area contributed by atoms with Gasteiger partial charge in [0.1, 0.15) is 0 Å². The molecule has 0 spiro atoms. The Labute approximate surface area is 242 Å². The SMILES string of the molecule is Cl.NCCCCNCCCCNCc1c2ccccc2c(CNCCCCNCCCCN)c2ccccc12. The van der Waals surface area contributed by atoms with Crippen molar-refractivity contribution in [3.63, 3.8) is 0 Å². The first-order valence-electron chi connectivity index (χ1n) is 15.0. The van der Waals surface area contributed by atoms with Gasteiger partial charge in [0.25, 0.3) is 0 Å². The standard InChI is InChI=1S/C32H52N6.ClH/c33-17-5-7-19-35-21-9-11-23-37-25-31-27-13-1-2-14-28(27)32(30-16-4-3-15-29(30)31)26-38-24-12-10-22-36-20-8-6-18-34;/h1-4,13-16,35-38H,5-12,17-26,33-34H2;1H. The van der Waals surface area contributed by atoms with Crippen molar-refractivity contribution in [3.8, 4) is 0 Å². The first-order valence-corrected chi connectivity index (χ1v) is 15.0. The molecule has 39 heavy (non-hydrogen) atoms. The summed E-state index contributed by atoms with van der Waals surface area (Å²) in [6.45, 7) is 9.80. The lowest BCUT2D eigenvalue weighted by Crippen LogP contribution is -2.21. The van der Waals surface area contributed by atoms with Crippen molar-refractivity contribution >= 4 is 34.0 Å². The Hall–Kier alpha value is -1.77. The molecule has 0 atom stereocenters. The maximum absolute atomic E-state index is 5.56. The zero-order chi connectivity index (χ0) is 26.7. The van der Waals surface area contributed by atoms with Crippen molar-refractivity contribution < 1.29 is 0 Å². The lowest BCUT2D eigenvalue weighted by Gasteiger charge is -2.18. The number of hydrogen-bond donors (Lipinski definition) is 6. The number of nitrogens with two attached hydrogens (primary N) is 2. The fourth-order valence-corrected chi connectivity index (χ4v) is 5.16. The Bertz CT molecular complexity index is 905. The molecule has 3 rings (SSSR count). The largest absolute Gasteiger partial charge is 0.330 e. The smallest absolute Gasteiger partial charge is 0.0217 e. The molecular weight excluding hydrogens is 504 g/mol. The van der Waals surface area contributed by atoms with E-state index in [9.17, 15) is 0 Å². The van der Waals surface area contributed by atoms with E-state index in [0.717, 1.165) is 78.3 Å². The summed E-state index contributed by atoms with van der Waals surface area (Å²) < 4.78 is 0. The molecule has 0 saturated carbocycles. The van der Waals surface area contributed by atoms with Crippen LogP contribution in [0, 0.1) is 0 Å². The van der Waals surface area contributed by atoms with Crippen LogP contribution in [0.4, 0.5) is 0 Å². The van der Waals surface area contributed by atoms with Gasteiger partial charge in [0, 0.05) is 13.1 Å². The second-order valence-corrected chi connectivity index (χ2v) is 10.3. The molecule has 0 fully saturated rings. The summed E-state index contributed by atoms with van der Waals surface area (Å²) in [6, 6.07) is 17.9. The minimum absolute atomic E-state index is 0. The van der Waals surface area contributed by atoms with Crippen molar-refractivity contribution in [2.24, 2.45) is 11.5 Å². The molecule has 6 nitrogen and oxygen atoms in total. The summed E-state index contributed by atoms with van der Waals surface area (Å²) in [7, 11) is 0. The van der Waals surface area contributed by atoms with Crippen LogP contribution < -0.4 is 32.7 Å². The van der Waals surface area contributed by atoms with Crippen LogP contribution in [0.1, 0.15) is 62.5 Å². The van der Waals surface area contributed by atoms with Crippen LogP contribution >= 0.6 is 12.4 Å². The quantitative estimate of drug-likeness (QED) is 0.0784. The zero-order valence-corrected chi connectivity index (χ0v) is 24.7. The Balaban J connectivity index is 0.00000533. The molecule has 0 aliphatic carbocycles. The molecule has 0 aromatic heterocycles. The van der Waals surface area contributed by atoms with Gasteiger partial charge < -0.3 is 32.7 Å². The minimum Gasteiger partial charge on any atom is -0.330 e. The molecule has 7 heteroatoms. The van der Waals surface area contributed by atoms with Crippen LogP contribution in [-0.4, -0.2) is 52.4 Å². The van der Waals surface area contributed by atoms with Crippen LogP contribution in [0.25, 0.3) is 21.5 Å². The predicted octanol–water partition coefficient (Wildman–Crippen LogP) is 4.81. The van der Waals surface area contributed by atoms with Gasteiger partial charge in [-0.1, -0.05) is 48.5 Å². The topological polar surface area (TPSA) is 100 Å². The van der Waals surface area contributed by atoms with Crippen molar-refractivity contribution in [3.05, 3.63) is 59.7 Å². The second-order valence-electron chi connectivity index (χ2n) is 10.3. The summed E-state index contributed by atoms with van der Waals surface area (Å²) >= 11 is 0. The van der Waals surface area contributed by atoms with Gasteiger partial charge in [-0.2, -0.15) is 0 Å². The van der Waals surface area contributed by atoms with Crippen LogP contribution in [0.15, 0.2) is 48.5 Å². The zero-order valence-electron chi connectivity index (χ0n) is 23.9. The maximum atomic E-state index is 5.56. The Morgan fingerprint density at radius 3 is 1.00 bits per heavy atom. The van der Waals surface area contributed by atoms with Gasteiger partial charge >= 0.3 is 0 Å². The van der Waals surface area contributed by atoms with Crippen LogP contribution in [-0.2, 0) is 13.1 Å². The van der Waals surface area contributed by atoms with Gasteiger partial charge in [-0.3, -0.25) is 0 Å². The first-order chi connectivity index (χ1) is 18.9. The third-order valence-electron chi connectivity index (χ3n) is 7.29. The van der Waals surface area contributed by atoms with Gasteiger partial charge in [0.15, 0.2) is 0 Å². The van der Waals surface area contributed by atoms with E-state index >= 15 is 0 Å². The molecule has 0 unspecified atom stereocenters. The highest BCUT2D eigenvalue weighted by Crippen LogP contribution is 2.33. The average molecular weight is 557 g/mol. The van der Waals surface area contributed by atoms with E-state index in [4.69, 9.17) is 11.5 Å². The number of unbranched alkanes of at least 4 members (excludes halogenated alkanes) is 4. The Kier molecular flexibility index (Phi) is 18.0. The van der Waals surface area contributed by atoms with Crippen molar-refractivity contribution in [2.75, 3.05) is 52.4 Å². The highest BCUT2D eigenvalue weighted by molar-refractivity contribution is 6.05. The average Bonchev–Trinajstić information content (AvgIpc) is 2.95. The number of fused-ring (bicyclic) bond motifs is 2. The monoisotopic (exact) mass is 556 g/mol. The third-order valence-corrected chi connectivity index (χ3v) is 7.29. The first kappa shape index (κ1) is 33.4. The number of benzene rings is 3. The van der Waals surface area contributed by atoms with Crippen LogP contribution in [0.2, 0.25) is 0 Å². The van der Waals surface area contributed by atoms with E-state index in [1.54, 1.807) is 0 Å². The predicted molar refractivity (Wildman–Crippen MR) is 173 cm³/mol. The van der Waals surface area contributed by atoms with E-state index in [0.29, 0.717) is 0 Å². The fraction of sp³-hybridized carbons (Fsp3) is 0.562. The highest BCUT2D eigenvalue weighted by atomic mass is 35.5. The van der Waals surface area contributed by atoms with Crippen molar-refractivity contribution in [1.29, 1.82) is 0 Å². The summed E-state index contributed by atoms with van der Waals surface area (Å²) in [6.07, 6.45) is 9.34. The number of nitrogens with one attached hydrogen (secondary N) is 4. The molecule has 0 aliphatic rings. The molecule has 0 saturated heterocycles. The fourth-order valence-electron chi connectivity index (χ4n) is 5.16. The van der Waals surface area contributed by atoms with Gasteiger partial charge in [0.05, 0.1) is 0 Å². The molecule has 3 aromatic carbocycles. The van der Waals surface area contributed by atoms with Gasteiger partial charge in [0.2, 0.25) is 0 Å². The molecular formula is C32H53ClN6. The van der Waals surface area contributed by atoms with E-state index in [-0.39, 0.29) is 12.4 Å². The Morgan fingerprint density at radius 1 is 0.410 bits per heavy atom. The molecule has 3 aromatic rings. The summed E-state index contributed by atoms with van der Waals surface area (Å²) in [5.74, 6) is 0. The van der Waals surface area contributed by atoms with E-state index < -0.39 is 0 Å². The van der Waals surface area contributed by atoms with Gasteiger partial charge in [-0.15, -0.1) is 12.4 Å². The highest BCUT2D eigenvalue weighted by Gasteiger charge is 2.13. The second kappa shape index (κ2) is 21.0. The molecule has 218 valence electrons. The van der Waals surface area contributed by atoms with Crippen LogP contribution in [0.5, 0.6) is 0 Å². The number of halogens is 1. The number of rotatable bonds is 22. The van der Waals surface area contributed by atoms with Gasteiger partial charge in [-0.05, 0) is 136 Å². The number of hydrogen-bond acceptors (Lipinski definition) is 6. The summed E-state index contributed by atoms with van der Waals surface area (Å²) in [5.41, 5.74) is 14.0. The lowest BCUT2D eigenvalue weighted by atomic mass is 9.91. The van der Waals surface area contributed by atoms with Gasteiger partial charge in [-0.25, -0.2) is 0 Å². The lowest BCUT2D eigenvalue weighted by molar-refractivity contribution is 0.568. The Morgan fingerprint density at radius 2 is 0.692 bits per heavy atom. The summed E-state index contributed by atoms with van der Waals surface area (Å²) in [5, 5.41) is 20.0. The molecule has 0 bridgehead atoms. The van der Waals surface area contributed by atoms with E-state index in [1.807, 2.05) is 0 Å². The molecule has 8 N–H and O–H groups in total. The molecule has 0 amide bonds. The van der Waals surface area contributed by atoms with Crippen molar-refractivity contribution in [2.45, 2.75) is 64.5 Å². The van der Waals surface area contributed by atoms with E-state index in [1.165, 1.54) is 71.2 Å².